The van der Waals surface area contributed by atoms with Crippen molar-refractivity contribution < 1.29 is 14.6 Å². The van der Waals surface area contributed by atoms with E-state index in [0.29, 0.717) is 12.1 Å². The lowest BCUT2D eigenvalue weighted by Gasteiger charge is -2.33. The van der Waals surface area contributed by atoms with Crippen LogP contribution >= 0.6 is 0 Å². The average molecular weight is 225 g/mol. The van der Waals surface area contributed by atoms with Gasteiger partial charge in [0.05, 0.1) is 12.7 Å². The topological polar surface area (TPSA) is 43.7 Å². The second-order valence-electron chi connectivity index (χ2n) is 4.17. The minimum atomic E-state index is -0.342. The van der Waals surface area contributed by atoms with E-state index in [4.69, 9.17) is 0 Å². The van der Waals surface area contributed by atoms with E-state index < -0.39 is 0 Å². The summed E-state index contributed by atoms with van der Waals surface area (Å²) in [5, 5.41) is 18.8. The van der Waals surface area contributed by atoms with Gasteiger partial charge in [0.2, 0.25) is 0 Å². The lowest BCUT2D eigenvalue weighted by atomic mass is 10.1. The second-order valence-corrected chi connectivity index (χ2v) is 4.17. The molecule has 0 bridgehead atoms. The number of aliphatic hydroxyl groups excluding tert-OH is 2. The molecule has 1 saturated heterocycles. The van der Waals surface area contributed by atoms with Crippen molar-refractivity contribution in [2.75, 3.05) is 18.0 Å². The van der Waals surface area contributed by atoms with Crippen LogP contribution in [-0.4, -0.2) is 29.4 Å². The summed E-state index contributed by atoms with van der Waals surface area (Å²) in [4.78, 5) is 2.00. The monoisotopic (exact) mass is 225 g/mol. The van der Waals surface area contributed by atoms with Gasteiger partial charge in [0.15, 0.2) is 0 Å². The molecule has 1 heterocycles. The summed E-state index contributed by atoms with van der Waals surface area (Å²) in [6, 6.07) is 4.39. The molecule has 1 unspecified atom stereocenters. The molecule has 88 valence electrons. The van der Waals surface area contributed by atoms with Crippen molar-refractivity contribution in [3.63, 3.8) is 0 Å². The number of β-amino-alcohol motifs (C(OH)–C–C–N with tert-alkyl or cyclic N) is 1. The Kier molecular flexibility index (Phi) is 3.41. The van der Waals surface area contributed by atoms with Crippen molar-refractivity contribution in [1.29, 1.82) is 0 Å². The second kappa shape index (κ2) is 4.80. The Bertz CT molecular complexity index is 370. The van der Waals surface area contributed by atoms with Crippen molar-refractivity contribution in [1.82, 2.24) is 0 Å². The summed E-state index contributed by atoms with van der Waals surface area (Å²) >= 11 is 0. The fourth-order valence-corrected chi connectivity index (χ4v) is 2.16. The fraction of sp³-hybridized carbons (Fsp3) is 0.500. The maximum atomic E-state index is 13.0. The summed E-state index contributed by atoms with van der Waals surface area (Å²) in [7, 11) is 0. The van der Waals surface area contributed by atoms with E-state index in [1.54, 1.807) is 6.07 Å². The van der Waals surface area contributed by atoms with Gasteiger partial charge in [0, 0.05) is 24.3 Å². The molecule has 0 aromatic heterocycles. The Hall–Kier alpha value is -1.13. The van der Waals surface area contributed by atoms with Gasteiger partial charge < -0.3 is 15.1 Å². The molecule has 0 saturated carbocycles. The molecule has 3 nitrogen and oxygen atoms in total. The van der Waals surface area contributed by atoms with Crippen LogP contribution in [0.15, 0.2) is 18.2 Å². The molecule has 2 N–H and O–H groups in total. The van der Waals surface area contributed by atoms with Crippen LogP contribution in [0.1, 0.15) is 18.4 Å². The molecule has 1 aromatic rings. The molecule has 0 spiro atoms. The Labute approximate surface area is 94.1 Å². The van der Waals surface area contributed by atoms with Crippen LogP contribution in [-0.2, 0) is 6.61 Å². The molecule has 1 atom stereocenters. The van der Waals surface area contributed by atoms with Crippen LogP contribution in [0, 0.1) is 5.82 Å². The fourth-order valence-electron chi connectivity index (χ4n) is 2.16. The van der Waals surface area contributed by atoms with Crippen LogP contribution in [0.25, 0.3) is 0 Å². The summed E-state index contributed by atoms with van der Waals surface area (Å²) in [5.74, 6) is -0.342. The van der Waals surface area contributed by atoms with Gasteiger partial charge in [-0.1, -0.05) is 0 Å². The highest BCUT2D eigenvalue weighted by molar-refractivity contribution is 5.54. The number of hydrogen-bond donors (Lipinski definition) is 2. The summed E-state index contributed by atoms with van der Waals surface area (Å²) in [6.45, 7) is 1.22. The summed E-state index contributed by atoms with van der Waals surface area (Å²) in [5.41, 5.74) is 1.40. The molecule has 1 fully saturated rings. The number of nitrogens with zero attached hydrogens (tertiary/aromatic N) is 1. The minimum absolute atomic E-state index is 0.181. The van der Waals surface area contributed by atoms with Gasteiger partial charge in [-0.25, -0.2) is 4.39 Å². The highest BCUT2D eigenvalue weighted by Crippen LogP contribution is 2.25. The number of anilines is 1. The third kappa shape index (κ3) is 2.33. The van der Waals surface area contributed by atoms with Gasteiger partial charge in [-0.2, -0.15) is 0 Å². The van der Waals surface area contributed by atoms with E-state index in [-0.39, 0.29) is 18.5 Å². The van der Waals surface area contributed by atoms with Gasteiger partial charge in [0.25, 0.3) is 0 Å². The molecule has 0 amide bonds. The van der Waals surface area contributed by atoms with Crippen LogP contribution in [0.4, 0.5) is 10.1 Å². The Morgan fingerprint density at radius 1 is 1.44 bits per heavy atom. The molecule has 0 radical (unpaired) electrons. The maximum absolute atomic E-state index is 13.0. The quantitative estimate of drug-likeness (QED) is 0.797. The van der Waals surface area contributed by atoms with E-state index in [9.17, 15) is 14.6 Å². The number of aliphatic hydroxyl groups is 2. The number of piperidine rings is 1. The Morgan fingerprint density at radius 3 is 2.94 bits per heavy atom. The molecule has 1 aliphatic heterocycles. The highest BCUT2D eigenvalue weighted by Gasteiger charge is 2.19. The van der Waals surface area contributed by atoms with Crippen molar-refractivity contribution in [2.24, 2.45) is 0 Å². The third-order valence-corrected chi connectivity index (χ3v) is 2.95. The zero-order chi connectivity index (χ0) is 11.5. The molecule has 16 heavy (non-hydrogen) atoms. The van der Waals surface area contributed by atoms with Crippen molar-refractivity contribution in [3.05, 3.63) is 29.6 Å². The third-order valence-electron chi connectivity index (χ3n) is 2.95. The van der Waals surface area contributed by atoms with Crippen LogP contribution in [0.3, 0.4) is 0 Å². The number of rotatable bonds is 2. The SMILES string of the molecule is OCc1cc(F)ccc1N1CCCC(O)C1. The predicted octanol–water partition coefficient (Wildman–Crippen LogP) is 1.28. The predicted molar refractivity (Wildman–Crippen MR) is 59.8 cm³/mol. The normalized spacial score (nSPS) is 21.2. The Balaban J connectivity index is 2.24. The molecule has 1 aliphatic rings. The lowest BCUT2D eigenvalue weighted by molar-refractivity contribution is 0.154. The van der Waals surface area contributed by atoms with Gasteiger partial charge >= 0.3 is 0 Å². The van der Waals surface area contributed by atoms with E-state index in [0.717, 1.165) is 25.1 Å². The van der Waals surface area contributed by atoms with Crippen LogP contribution in [0.2, 0.25) is 0 Å². The minimum Gasteiger partial charge on any atom is -0.392 e. The van der Waals surface area contributed by atoms with Gasteiger partial charge in [-0.05, 0) is 31.0 Å². The molecule has 0 aliphatic carbocycles. The smallest absolute Gasteiger partial charge is 0.123 e. The maximum Gasteiger partial charge on any atom is 0.123 e. The highest BCUT2D eigenvalue weighted by atomic mass is 19.1. The van der Waals surface area contributed by atoms with Crippen LogP contribution < -0.4 is 4.90 Å². The standard InChI is InChI=1S/C12H16FNO2/c13-10-3-4-12(9(6-10)8-15)14-5-1-2-11(16)7-14/h3-4,6,11,15-16H,1-2,5,7-8H2. The first kappa shape index (κ1) is 11.4. The summed E-state index contributed by atoms with van der Waals surface area (Å²) in [6.07, 6.45) is 1.40. The zero-order valence-corrected chi connectivity index (χ0v) is 9.06. The zero-order valence-electron chi connectivity index (χ0n) is 9.06. The van der Waals surface area contributed by atoms with Gasteiger partial charge in [-0.15, -0.1) is 0 Å². The number of hydrogen-bond acceptors (Lipinski definition) is 3. The van der Waals surface area contributed by atoms with E-state index in [1.807, 2.05) is 4.90 Å². The number of halogens is 1. The van der Waals surface area contributed by atoms with Gasteiger partial charge in [0.1, 0.15) is 5.82 Å². The molecule has 4 heteroatoms. The van der Waals surface area contributed by atoms with Crippen molar-refractivity contribution in [2.45, 2.75) is 25.6 Å². The molecular weight excluding hydrogens is 209 g/mol. The summed E-state index contributed by atoms with van der Waals surface area (Å²) < 4.78 is 13.0. The molecule has 1 aromatic carbocycles. The largest absolute Gasteiger partial charge is 0.392 e. The van der Waals surface area contributed by atoms with Gasteiger partial charge in [-0.3, -0.25) is 0 Å². The number of benzene rings is 1. The van der Waals surface area contributed by atoms with Crippen molar-refractivity contribution in [3.8, 4) is 0 Å². The van der Waals surface area contributed by atoms with E-state index >= 15 is 0 Å². The average Bonchev–Trinajstić information content (AvgIpc) is 2.28. The first-order valence-electron chi connectivity index (χ1n) is 5.53. The first-order chi connectivity index (χ1) is 7.70. The van der Waals surface area contributed by atoms with Crippen molar-refractivity contribution >= 4 is 5.69 Å². The molecular formula is C12H16FNO2. The lowest BCUT2D eigenvalue weighted by Crippen LogP contribution is -2.38. The molecule has 2 rings (SSSR count). The first-order valence-corrected chi connectivity index (χ1v) is 5.53. The van der Waals surface area contributed by atoms with E-state index in [1.165, 1.54) is 12.1 Å². The van der Waals surface area contributed by atoms with Crippen LogP contribution in [0.5, 0.6) is 0 Å². The van der Waals surface area contributed by atoms with E-state index in [2.05, 4.69) is 0 Å². The Morgan fingerprint density at radius 2 is 2.25 bits per heavy atom.